The Morgan fingerprint density at radius 2 is 1.70 bits per heavy atom. The molecule has 0 saturated carbocycles. The number of carbonyl (C=O) groups excluding carboxylic acids is 1. The first-order chi connectivity index (χ1) is 13.1. The van der Waals surface area contributed by atoms with Gasteiger partial charge in [-0.3, -0.25) is 9.78 Å². The second kappa shape index (κ2) is 7.08. The number of hydrogen-bond donors (Lipinski definition) is 0. The van der Waals surface area contributed by atoms with E-state index in [0.717, 1.165) is 11.1 Å². The molecule has 8 heteroatoms. The molecule has 27 heavy (non-hydrogen) atoms. The van der Waals surface area contributed by atoms with Crippen LogP contribution in [0.1, 0.15) is 10.4 Å². The van der Waals surface area contributed by atoms with Crippen LogP contribution in [0.25, 0.3) is 34.3 Å². The quantitative estimate of drug-likeness (QED) is 0.540. The maximum atomic E-state index is 12.0. The van der Waals surface area contributed by atoms with Crippen LogP contribution >= 0.6 is 11.3 Å². The Labute approximate surface area is 159 Å². The van der Waals surface area contributed by atoms with Crippen LogP contribution in [-0.2, 0) is 0 Å². The smallest absolute Gasteiger partial charge is 0.268 e. The van der Waals surface area contributed by atoms with E-state index in [2.05, 4.69) is 20.2 Å². The predicted octanol–water partition coefficient (Wildman–Crippen LogP) is 3.62. The Kier molecular flexibility index (Phi) is 4.47. The monoisotopic (exact) mass is 377 g/mol. The molecule has 0 bridgehead atoms. The average molecular weight is 377 g/mol. The summed E-state index contributed by atoms with van der Waals surface area (Å²) in [5.41, 5.74) is 3.49. The number of rotatable bonds is 4. The first-order valence-corrected chi connectivity index (χ1v) is 9.06. The summed E-state index contributed by atoms with van der Waals surface area (Å²) in [6.45, 7) is 0. The van der Waals surface area contributed by atoms with Crippen molar-refractivity contribution in [3.8, 4) is 34.3 Å². The van der Waals surface area contributed by atoms with Crippen molar-refractivity contribution in [2.24, 2.45) is 0 Å². The van der Waals surface area contributed by atoms with Gasteiger partial charge in [-0.1, -0.05) is 12.1 Å². The molecule has 0 unspecified atom stereocenters. The molecule has 0 aliphatic carbocycles. The highest BCUT2D eigenvalue weighted by atomic mass is 32.1. The molecule has 0 fully saturated rings. The molecule has 0 spiro atoms. The zero-order chi connectivity index (χ0) is 18.8. The lowest BCUT2D eigenvalue weighted by atomic mass is 10.1. The van der Waals surface area contributed by atoms with Crippen molar-refractivity contribution in [3.63, 3.8) is 0 Å². The predicted molar refractivity (Wildman–Crippen MR) is 102 cm³/mol. The molecule has 7 nitrogen and oxygen atoms in total. The Balaban J connectivity index is 1.62. The third-order valence-corrected chi connectivity index (χ3v) is 4.56. The van der Waals surface area contributed by atoms with Crippen LogP contribution < -0.4 is 0 Å². The fourth-order valence-electron chi connectivity index (χ4n) is 2.48. The number of amides is 1. The van der Waals surface area contributed by atoms with Crippen LogP contribution in [0.15, 0.2) is 57.9 Å². The van der Waals surface area contributed by atoms with Crippen LogP contribution in [0.5, 0.6) is 0 Å². The number of nitrogens with zero attached hydrogens (tertiary/aromatic N) is 5. The average Bonchev–Trinajstić information content (AvgIpc) is 3.39. The second-order valence-electron chi connectivity index (χ2n) is 5.99. The molecule has 0 aliphatic rings. The lowest BCUT2D eigenvalue weighted by Gasteiger charge is -2.10. The number of benzene rings is 1. The summed E-state index contributed by atoms with van der Waals surface area (Å²) < 4.78 is 5.71. The van der Waals surface area contributed by atoms with Gasteiger partial charge in [0.15, 0.2) is 0 Å². The van der Waals surface area contributed by atoms with Crippen molar-refractivity contribution < 1.29 is 9.21 Å². The molecule has 4 rings (SSSR count). The minimum absolute atomic E-state index is 0.0480. The van der Waals surface area contributed by atoms with Crippen molar-refractivity contribution >= 4 is 17.2 Å². The van der Waals surface area contributed by atoms with E-state index in [1.807, 2.05) is 29.0 Å². The normalized spacial score (nSPS) is 10.7. The Morgan fingerprint density at radius 1 is 0.963 bits per heavy atom. The highest BCUT2D eigenvalue weighted by molar-refractivity contribution is 7.08. The molecule has 1 amide bonds. The van der Waals surface area contributed by atoms with E-state index >= 15 is 0 Å². The minimum Gasteiger partial charge on any atom is -0.415 e. The molecular weight excluding hydrogens is 362 g/mol. The summed E-state index contributed by atoms with van der Waals surface area (Å²) in [7, 11) is 3.44. The van der Waals surface area contributed by atoms with Crippen LogP contribution in [-0.4, -0.2) is 45.1 Å². The molecule has 0 aliphatic heterocycles. The van der Waals surface area contributed by atoms with Gasteiger partial charge in [0.1, 0.15) is 5.69 Å². The molecular formula is C19H15N5O2S. The fourth-order valence-corrected chi connectivity index (χ4v) is 3.11. The SMILES string of the molecule is CN(C)C(=O)c1ccc(-c2cncc(-c3nnc(-c4ccsc4)o3)n2)cc1. The number of aromatic nitrogens is 4. The van der Waals surface area contributed by atoms with Gasteiger partial charge in [0.2, 0.25) is 5.89 Å². The van der Waals surface area contributed by atoms with Gasteiger partial charge in [0.25, 0.3) is 11.8 Å². The zero-order valence-electron chi connectivity index (χ0n) is 14.7. The van der Waals surface area contributed by atoms with Crippen LogP contribution in [0.2, 0.25) is 0 Å². The van der Waals surface area contributed by atoms with E-state index in [1.165, 1.54) is 4.90 Å². The van der Waals surface area contributed by atoms with E-state index in [9.17, 15) is 4.79 Å². The van der Waals surface area contributed by atoms with E-state index in [-0.39, 0.29) is 5.91 Å². The summed E-state index contributed by atoms with van der Waals surface area (Å²) in [5, 5.41) is 12.0. The van der Waals surface area contributed by atoms with Crippen LogP contribution in [0, 0.1) is 0 Å². The van der Waals surface area contributed by atoms with Crippen molar-refractivity contribution in [2.45, 2.75) is 0 Å². The Morgan fingerprint density at radius 3 is 2.41 bits per heavy atom. The molecule has 1 aromatic carbocycles. The van der Waals surface area contributed by atoms with E-state index < -0.39 is 0 Å². The molecule has 0 saturated heterocycles. The maximum absolute atomic E-state index is 12.0. The molecule has 3 aromatic heterocycles. The van der Waals surface area contributed by atoms with Crippen molar-refractivity contribution in [2.75, 3.05) is 14.1 Å². The topological polar surface area (TPSA) is 85.0 Å². The first kappa shape index (κ1) is 17.0. The summed E-state index contributed by atoms with van der Waals surface area (Å²) in [5.74, 6) is 0.711. The van der Waals surface area contributed by atoms with Crippen molar-refractivity contribution in [1.82, 2.24) is 25.1 Å². The standard InChI is InChI=1S/C19H15N5O2S/c1-24(2)19(25)13-5-3-12(4-6-13)15-9-20-10-16(21-15)18-23-22-17(26-18)14-7-8-27-11-14/h3-11H,1-2H3. The number of thiophene rings is 1. The third-order valence-electron chi connectivity index (χ3n) is 3.88. The molecule has 3 heterocycles. The van der Waals surface area contributed by atoms with Gasteiger partial charge in [-0.05, 0) is 23.6 Å². The summed E-state index contributed by atoms with van der Waals surface area (Å²) >= 11 is 1.56. The Bertz CT molecular complexity index is 1070. The highest BCUT2D eigenvalue weighted by Gasteiger charge is 2.14. The van der Waals surface area contributed by atoms with E-state index in [1.54, 1.807) is 50.0 Å². The van der Waals surface area contributed by atoms with Gasteiger partial charge >= 0.3 is 0 Å². The number of carbonyl (C=O) groups is 1. The molecule has 0 N–H and O–H groups in total. The summed E-state index contributed by atoms with van der Waals surface area (Å²) in [4.78, 5) is 22.3. The number of hydrogen-bond acceptors (Lipinski definition) is 7. The second-order valence-corrected chi connectivity index (χ2v) is 6.77. The third kappa shape index (κ3) is 3.47. The first-order valence-electron chi connectivity index (χ1n) is 8.12. The van der Waals surface area contributed by atoms with Crippen LogP contribution in [0.4, 0.5) is 0 Å². The molecule has 0 atom stereocenters. The largest absolute Gasteiger partial charge is 0.415 e. The molecule has 134 valence electrons. The van der Waals surface area contributed by atoms with Gasteiger partial charge in [-0.2, -0.15) is 11.3 Å². The minimum atomic E-state index is -0.0480. The van der Waals surface area contributed by atoms with Gasteiger partial charge in [-0.15, -0.1) is 10.2 Å². The van der Waals surface area contributed by atoms with E-state index in [4.69, 9.17) is 4.42 Å². The van der Waals surface area contributed by atoms with Gasteiger partial charge in [0.05, 0.1) is 18.1 Å². The van der Waals surface area contributed by atoms with Crippen molar-refractivity contribution in [1.29, 1.82) is 0 Å². The Hall–Kier alpha value is -3.39. The van der Waals surface area contributed by atoms with Gasteiger partial charge in [0, 0.05) is 36.2 Å². The van der Waals surface area contributed by atoms with Gasteiger partial charge < -0.3 is 9.32 Å². The van der Waals surface area contributed by atoms with E-state index in [0.29, 0.717) is 28.7 Å². The van der Waals surface area contributed by atoms with Gasteiger partial charge in [-0.25, -0.2) is 4.98 Å². The maximum Gasteiger partial charge on any atom is 0.268 e. The summed E-state index contributed by atoms with van der Waals surface area (Å²) in [6, 6.07) is 9.14. The lowest BCUT2D eigenvalue weighted by Crippen LogP contribution is -2.21. The summed E-state index contributed by atoms with van der Waals surface area (Å²) in [6.07, 6.45) is 3.24. The lowest BCUT2D eigenvalue weighted by molar-refractivity contribution is 0.0827. The van der Waals surface area contributed by atoms with Crippen molar-refractivity contribution in [3.05, 3.63) is 59.0 Å². The fraction of sp³-hybridized carbons (Fsp3) is 0.105. The zero-order valence-corrected chi connectivity index (χ0v) is 15.5. The highest BCUT2D eigenvalue weighted by Crippen LogP contribution is 2.25. The van der Waals surface area contributed by atoms with Crippen LogP contribution in [0.3, 0.4) is 0 Å². The molecule has 4 aromatic rings. The molecule has 0 radical (unpaired) electrons.